The maximum absolute atomic E-state index is 3.99. The van der Waals surface area contributed by atoms with Crippen LogP contribution in [-0.4, -0.2) is 0 Å². The van der Waals surface area contributed by atoms with Crippen molar-refractivity contribution in [3.05, 3.63) is 156 Å². The maximum Gasteiger partial charge on any atom is 0.0725 e. The second-order valence-corrected chi connectivity index (χ2v) is 9.80. The van der Waals surface area contributed by atoms with Crippen molar-refractivity contribution in [1.29, 1.82) is 0 Å². The zero-order valence-corrected chi connectivity index (χ0v) is 19.8. The zero-order chi connectivity index (χ0) is 23.6. The fourth-order valence-corrected chi connectivity index (χ4v) is 6.42. The summed E-state index contributed by atoms with van der Waals surface area (Å²) in [5, 5.41) is 0. The minimum Gasteiger partial charge on any atom is -0.102 e. The van der Waals surface area contributed by atoms with Crippen molar-refractivity contribution in [2.75, 3.05) is 0 Å². The molecule has 5 aromatic carbocycles. The van der Waals surface area contributed by atoms with Gasteiger partial charge in [0.15, 0.2) is 0 Å². The molecule has 0 radical (unpaired) electrons. The third-order valence-corrected chi connectivity index (χ3v) is 8.10. The van der Waals surface area contributed by atoms with Crippen LogP contribution >= 0.6 is 0 Å². The van der Waals surface area contributed by atoms with Crippen molar-refractivity contribution in [1.82, 2.24) is 0 Å². The lowest BCUT2D eigenvalue weighted by Gasteiger charge is -2.30. The van der Waals surface area contributed by atoms with Crippen molar-refractivity contribution in [2.24, 2.45) is 0 Å². The largest absolute Gasteiger partial charge is 0.102 e. The Bertz CT molecular complexity index is 1590. The molecule has 35 heavy (non-hydrogen) atoms. The number of fused-ring (bicyclic) bond motifs is 10. The topological polar surface area (TPSA) is 0 Å². The van der Waals surface area contributed by atoms with Crippen LogP contribution in [0.15, 0.2) is 128 Å². The van der Waals surface area contributed by atoms with Gasteiger partial charge in [-0.2, -0.15) is 0 Å². The first-order chi connectivity index (χ1) is 17.2. The molecule has 0 heterocycles. The highest BCUT2D eigenvalue weighted by atomic mass is 14.5. The average Bonchev–Trinajstić information content (AvgIpc) is 3.40. The highest BCUT2D eigenvalue weighted by Crippen LogP contribution is 2.62. The van der Waals surface area contributed by atoms with E-state index in [4.69, 9.17) is 0 Å². The van der Waals surface area contributed by atoms with Crippen molar-refractivity contribution in [3.63, 3.8) is 0 Å². The molecule has 5 aromatic rings. The summed E-state index contributed by atoms with van der Waals surface area (Å²) < 4.78 is 0. The SMILES string of the molecule is C=CC(C)c1cccc(-c2ccc3c(c2)-c2ccccc2C32c3ccccc3-c3ccccc32)c1. The van der Waals surface area contributed by atoms with E-state index in [9.17, 15) is 0 Å². The number of hydrogen-bond donors (Lipinski definition) is 0. The Labute approximate surface area is 207 Å². The molecule has 7 rings (SSSR count). The highest BCUT2D eigenvalue weighted by Gasteiger charge is 2.51. The van der Waals surface area contributed by atoms with Gasteiger partial charge in [-0.15, -0.1) is 6.58 Å². The van der Waals surface area contributed by atoms with Gasteiger partial charge in [0.2, 0.25) is 0 Å². The second-order valence-electron chi connectivity index (χ2n) is 9.80. The summed E-state index contributed by atoms with van der Waals surface area (Å²) in [7, 11) is 0. The van der Waals surface area contributed by atoms with Gasteiger partial charge >= 0.3 is 0 Å². The fraction of sp³-hybridized carbons (Fsp3) is 0.0857. The highest BCUT2D eigenvalue weighted by molar-refractivity contribution is 5.95. The summed E-state index contributed by atoms with van der Waals surface area (Å²) in [4.78, 5) is 0. The Balaban J connectivity index is 1.52. The molecule has 0 saturated heterocycles. The molecule has 0 saturated carbocycles. The molecule has 0 fully saturated rings. The first kappa shape index (κ1) is 20.2. The molecule has 2 aliphatic carbocycles. The Morgan fingerprint density at radius 2 is 1.06 bits per heavy atom. The lowest BCUT2D eigenvalue weighted by atomic mass is 9.70. The summed E-state index contributed by atoms with van der Waals surface area (Å²) in [5.74, 6) is 0.333. The van der Waals surface area contributed by atoms with Crippen molar-refractivity contribution in [3.8, 4) is 33.4 Å². The van der Waals surface area contributed by atoms with E-state index in [0.29, 0.717) is 5.92 Å². The standard InChI is InChI=1S/C35H26/c1-3-23(2)24-11-10-12-25(21-24)26-19-20-34-30(22-26)29-15-6-9-18-33(29)35(34)31-16-7-4-13-27(31)28-14-5-8-17-32(28)35/h3-23H,1H2,2H3. The van der Waals surface area contributed by atoms with Crippen LogP contribution in [0, 0.1) is 0 Å². The third kappa shape index (κ3) is 2.63. The van der Waals surface area contributed by atoms with Gasteiger partial charge in [0.05, 0.1) is 5.41 Å². The van der Waals surface area contributed by atoms with Crippen LogP contribution in [0.25, 0.3) is 33.4 Å². The van der Waals surface area contributed by atoms with Gasteiger partial charge in [-0.1, -0.05) is 122 Å². The fourth-order valence-electron chi connectivity index (χ4n) is 6.42. The van der Waals surface area contributed by atoms with Crippen LogP contribution in [0.5, 0.6) is 0 Å². The molecule has 0 aromatic heterocycles. The monoisotopic (exact) mass is 446 g/mol. The molecule has 0 heteroatoms. The van der Waals surface area contributed by atoms with Gasteiger partial charge < -0.3 is 0 Å². The van der Waals surface area contributed by atoms with E-state index in [0.717, 1.165) is 0 Å². The smallest absolute Gasteiger partial charge is 0.0725 e. The van der Waals surface area contributed by atoms with E-state index < -0.39 is 0 Å². The van der Waals surface area contributed by atoms with E-state index in [1.807, 2.05) is 6.08 Å². The Morgan fingerprint density at radius 3 is 1.66 bits per heavy atom. The molecular formula is C35H26. The predicted octanol–water partition coefficient (Wildman–Crippen LogP) is 8.99. The van der Waals surface area contributed by atoms with Crippen molar-refractivity contribution in [2.45, 2.75) is 18.3 Å². The van der Waals surface area contributed by atoms with E-state index in [1.165, 1.54) is 61.2 Å². The third-order valence-electron chi connectivity index (χ3n) is 8.10. The average molecular weight is 447 g/mol. The first-order valence-electron chi connectivity index (χ1n) is 12.4. The Hall–Kier alpha value is -4.16. The van der Waals surface area contributed by atoms with Gasteiger partial charge in [-0.3, -0.25) is 0 Å². The van der Waals surface area contributed by atoms with E-state index >= 15 is 0 Å². The van der Waals surface area contributed by atoms with Gasteiger partial charge in [0.25, 0.3) is 0 Å². The van der Waals surface area contributed by atoms with Crippen molar-refractivity contribution < 1.29 is 0 Å². The summed E-state index contributed by atoms with van der Waals surface area (Å²) in [6, 6.07) is 42.9. The molecule has 0 aliphatic heterocycles. The predicted molar refractivity (Wildman–Crippen MR) is 147 cm³/mol. The normalized spacial score (nSPS) is 14.7. The summed E-state index contributed by atoms with van der Waals surface area (Å²) in [6.07, 6.45) is 2.01. The van der Waals surface area contributed by atoms with Crippen LogP contribution in [0.4, 0.5) is 0 Å². The molecule has 166 valence electrons. The Kier molecular flexibility index (Phi) is 4.29. The number of benzene rings is 5. The van der Waals surface area contributed by atoms with Crippen LogP contribution in [0.1, 0.15) is 40.7 Å². The maximum atomic E-state index is 3.99. The Morgan fingerprint density at radius 1 is 0.543 bits per heavy atom. The number of allylic oxidation sites excluding steroid dienone is 1. The molecule has 2 aliphatic rings. The van der Waals surface area contributed by atoms with Gasteiger partial charge in [-0.25, -0.2) is 0 Å². The molecule has 1 atom stereocenters. The van der Waals surface area contributed by atoms with Crippen LogP contribution in [-0.2, 0) is 5.41 Å². The second kappa shape index (κ2) is 7.42. The summed E-state index contributed by atoms with van der Waals surface area (Å²) in [5.41, 5.74) is 14.5. The number of hydrogen-bond acceptors (Lipinski definition) is 0. The molecule has 0 N–H and O–H groups in total. The molecule has 0 nitrogen and oxygen atoms in total. The minimum atomic E-state index is -0.267. The van der Waals surface area contributed by atoms with Crippen LogP contribution in [0.2, 0.25) is 0 Å². The summed E-state index contributed by atoms with van der Waals surface area (Å²) >= 11 is 0. The minimum absolute atomic E-state index is 0.267. The molecule has 0 amide bonds. The quantitative estimate of drug-likeness (QED) is 0.238. The van der Waals surface area contributed by atoms with E-state index in [-0.39, 0.29) is 5.41 Å². The van der Waals surface area contributed by atoms with Crippen molar-refractivity contribution >= 4 is 0 Å². The first-order valence-corrected chi connectivity index (χ1v) is 12.4. The lowest BCUT2D eigenvalue weighted by Crippen LogP contribution is -2.25. The lowest BCUT2D eigenvalue weighted by molar-refractivity contribution is 0.794. The van der Waals surface area contributed by atoms with E-state index in [2.05, 4.69) is 129 Å². The van der Waals surface area contributed by atoms with Crippen LogP contribution < -0.4 is 0 Å². The van der Waals surface area contributed by atoms with Gasteiger partial charge in [-0.05, 0) is 73.2 Å². The zero-order valence-electron chi connectivity index (χ0n) is 19.8. The summed E-state index contributed by atoms with van der Waals surface area (Å²) in [6.45, 7) is 6.19. The molecular weight excluding hydrogens is 420 g/mol. The van der Waals surface area contributed by atoms with E-state index in [1.54, 1.807) is 0 Å². The number of rotatable bonds is 3. The van der Waals surface area contributed by atoms with Gasteiger partial charge in [0.1, 0.15) is 0 Å². The molecule has 0 bridgehead atoms. The molecule has 1 unspecified atom stereocenters. The van der Waals surface area contributed by atoms with Crippen LogP contribution in [0.3, 0.4) is 0 Å². The van der Waals surface area contributed by atoms with Gasteiger partial charge in [0, 0.05) is 0 Å². The molecule has 1 spiro atoms.